The third-order valence-electron chi connectivity index (χ3n) is 4.91. The van der Waals surface area contributed by atoms with E-state index in [1.165, 1.54) is 13.2 Å². The topological polar surface area (TPSA) is 92.5 Å². The molecule has 4 aromatic rings. The summed E-state index contributed by atoms with van der Waals surface area (Å²) in [7, 11) is 1.49. The van der Waals surface area contributed by atoms with Gasteiger partial charge < -0.3 is 14.2 Å². The zero-order valence-corrected chi connectivity index (χ0v) is 16.4. The summed E-state index contributed by atoms with van der Waals surface area (Å²) in [5.74, 6) is -1.79. The van der Waals surface area contributed by atoms with Crippen molar-refractivity contribution < 1.29 is 23.8 Å². The highest BCUT2D eigenvalue weighted by Crippen LogP contribution is 2.40. The molecule has 0 saturated heterocycles. The molecule has 0 unspecified atom stereocenters. The Hall–Kier alpha value is -4.46. The van der Waals surface area contributed by atoms with Crippen LogP contribution < -0.4 is 14.2 Å². The SMILES string of the molecule is C=Cc1cccc(-c2ccccn2)c1-n1c2nc3c(cc(OC)cc31)OC(=O)C(=O)O2. The van der Waals surface area contributed by atoms with E-state index in [9.17, 15) is 9.59 Å². The van der Waals surface area contributed by atoms with E-state index in [1.54, 1.807) is 22.9 Å². The maximum Gasteiger partial charge on any atom is 0.425 e. The quantitative estimate of drug-likeness (QED) is 0.287. The van der Waals surface area contributed by atoms with Crippen molar-refractivity contribution in [2.75, 3.05) is 7.11 Å². The number of methoxy groups -OCH3 is 1. The molecule has 0 fully saturated rings. The molecule has 8 nitrogen and oxygen atoms in total. The first-order valence-corrected chi connectivity index (χ1v) is 9.32. The van der Waals surface area contributed by atoms with Crippen LogP contribution >= 0.6 is 0 Å². The molecule has 0 aliphatic carbocycles. The summed E-state index contributed by atoms with van der Waals surface area (Å²) >= 11 is 0. The minimum Gasteiger partial charge on any atom is -0.497 e. The molecule has 0 spiro atoms. The second kappa shape index (κ2) is 7.10. The molecule has 0 amide bonds. The van der Waals surface area contributed by atoms with Gasteiger partial charge in [0.2, 0.25) is 0 Å². The minimum absolute atomic E-state index is 0.0716. The zero-order valence-electron chi connectivity index (χ0n) is 16.4. The number of aromatic nitrogens is 3. The van der Waals surface area contributed by atoms with Crippen LogP contribution in [0.2, 0.25) is 0 Å². The van der Waals surface area contributed by atoms with Crippen LogP contribution in [0.5, 0.6) is 17.5 Å². The predicted molar refractivity (Wildman–Crippen MR) is 112 cm³/mol. The lowest BCUT2D eigenvalue weighted by Crippen LogP contribution is -2.27. The summed E-state index contributed by atoms with van der Waals surface area (Å²) in [5, 5.41) is 0. The summed E-state index contributed by atoms with van der Waals surface area (Å²) in [6.45, 7) is 3.92. The number of para-hydroxylation sites is 1. The molecule has 5 rings (SSSR count). The van der Waals surface area contributed by atoms with Crippen molar-refractivity contribution in [2.45, 2.75) is 0 Å². The number of hydrogen-bond donors (Lipinski definition) is 0. The van der Waals surface area contributed by atoms with E-state index >= 15 is 0 Å². The molecule has 31 heavy (non-hydrogen) atoms. The van der Waals surface area contributed by atoms with Gasteiger partial charge in [0.25, 0.3) is 0 Å². The molecule has 1 aliphatic heterocycles. The van der Waals surface area contributed by atoms with Gasteiger partial charge in [0.15, 0.2) is 5.75 Å². The number of carbonyl (C=O) groups excluding carboxylic acids is 2. The van der Waals surface area contributed by atoms with E-state index in [-0.39, 0.29) is 11.8 Å². The lowest BCUT2D eigenvalue weighted by Gasteiger charge is -2.16. The Bertz CT molecular complexity index is 1380. The van der Waals surface area contributed by atoms with Crippen LogP contribution in [0.4, 0.5) is 0 Å². The highest BCUT2D eigenvalue weighted by molar-refractivity contribution is 6.31. The van der Waals surface area contributed by atoms with Crippen LogP contribution in [0.1, 0.15) is 5.56 Å². The Morgan fingerprint density at radius 1 is 1.06 bits per heavy atom. The van der Waals surface area contributed by atoms with E-state index in [4.69, 9.17) is 14.2 Å². The molecule has 0 radical (unpaired) electrons. The van der Waals surface area contributed by atoms with Crippen LogP contribution in [-0.2, 0) is 9.59 Å². The highest BCUT2D eigenvalue weighted by atomic mass is 16.6. The average Bonchev–Trinajstić information content (AvgIpc) is 3.16. The van der Waals surface area contributed by atoms with Gasteiger partial charge in [0.05, 0.1) is 24.0 Å². The first-order valence-electron chi connectivity index (χ1n) is 9.32. The van der Waals surface area contributed by atoms with Crippen molar-refractivity contribution >= 4 is 29.0 Å². The fourth-order valence-electron chi connectivity index (χ4n) is 3.55. The molecule has 0 saturated carbocycles. The summed E-state index contributed by atoms with van der Waals surface area (Å²) in [6, 6.07) is 14.4. The van der Waals surface area contributed by atoms with Crippen molar-refractivity contribution in [3.05, 3.63) is 66.9 Å². The first kappa shape index (κ1) is 18.6. The summed E-state index contributed by atoms with van der Waals surface area (Å²) in [5.41, 5.74) is 3.71. The van der Waals surface area contributed by atoms with Crippen LogP contribution in [-0.4, -0.2) is 33.6 Å². The van der Waals surface area contributed by atoms with Crippen LogP contribution in [0.25, 0.3) is 34.1 Å². The second-order valence-corrected chi connectivity index (χ2v) is 6.66. The van der Waals surface area contributed by atoms with Gasteiger partial charge >= 0.3 is 17.9 Å². The van der Waals surface area contributed by atoms with Crippen molar-refractivity contribution in [3.8, 4) is 34.5 Å². The van der Waals surface area contributed by atoms with Crippen molar-refractivity contribution in [1.82, 2.24) is 14.5 Å². The van der Waals surface area contributed by atoms with E-state index in [0.717, 1.165) is 11.1 Å². The Balaban J connectivity index is 1.92. The van der Waals surface area contributed by atoms with Crippen LogP contribution in [0.15, 0.2) is 61.3 Å². The fourth-order valence-corrected chi connectivity index (χ4v) is 3.55. The van der Waals surface area contributed by atoms with E-state index < -0.39 is 11.9 Å². The maximum absolute atomic E-state index is 12.2. The Morgan fingerprint density at radius 3 is 2.65 bits per heavy atom. The summed E-state index contributed by atoms with van der Waals surface area (Å²) in [4.78, 5) is 33.3. The standard InChI is InChI=1S/C23H15N3O5/c1-3-13-7-6-8-15(16-9-4-5-10-24-16)20(13)26-17-11-14(29-2)12-18-19(17)25-23(26)31-22(28)21(27)30-18/h3-12H,1H2,2H3. The minimum atomic E-state index is -1.17. The van der Waals surface area contributed by atoms with E-state index in [0.29, 0.717) is 28.2 Å². The van der Waals surface area contributed by atoms with Crippen molar-refractivity contribution in [3.63, 3.8) is 0 Å². The Morgan fingerprint density at radius 2 is 1.90 bits per heavy atom. The second-order valence-electron chi connectivity index (χ2n) is 6.66. The predicted octanol–water partition coefficient (Wildman–Crippen LogP) is 3.56. The van der Waals surface area contributed by atoms with Gasteiger partial charge in [-0.1, -0.05) is 36.9 Å². The number of carbonyl (C=O) groups is 2. The van der Waals surface area contributed by atoms with Crippen molar-refractivity contribution in [1.29, 1.82) is 0 Å². The van der Waals surface area contributed by atoms with Gasteiger partial charge in [-0.2, -0.15) is 4.98 Å². The Labute approximate surface area is 176 Å². The molecule has 0 atom stereocenters. The number of fused-ring (bicyclic) bond motifs is 1. The van der Waals surface area contributed by atoms with E-state index in [1.807, 2.05) is 36.4 Å². The monoisotopic (exact) mass is 413 g/mol. The number of benzene rings is 2. The average molecular weight is 413 g/mol. The third-order valence-corrected chi connectivity index (χ3v) is 4.91. The van der Waals surface area contributed by atoms with Crippen LogP contribution in [0, 0.1) is 0 Å². The number of imidazole rings is 1. The van der Waals surface area contributed by atoms with Crippen LogP contribution in [0.3, 0.4) is 0 Å². The number of esters is 2. The van der Waals surface area contributed by atoms with Gasteiger partial charge in [0.1, 0.15) is 11.3 Å². The lowest BCUT2D eigenvalue weighted by atomic mass is 10.0. The first-order chi connectivity index (χ1) is 15.1. The molecule has 2 aromatic carbocycles. The fraction of sp³-hybridized carbons (Fsp3) is 0.0435. The third kappa shape index (κ3) is 2.93. The molecule has 2 aromatic heterocycles. The normalized spacial score (nSPS) is 12.8. The lowest BCUT2D eigenvalue weighted by molar-refractivity contribution is -0.156. The van der Waals surface area contributed by atoms with Gasteiger partial charge in [-0.25, -0.2) is 9.59 Å². The molecular formula is C23H15N3O5. The van der Waals surface area contributed by atoms with Gasteiger partial charge in [-0.3, -0.25) is 9.55 Å². The van der Waals surface area contributed by atoms with Gasteiger partial charge in [0, 0.05) is 23.9 Å². The van der Waals surface area contributed by atoms with Gasteiger partial charge in [-0.05, 0) is 17.7 Å². The number of nitrogens with zero attached hydrogens (tertiary/aromatic N) is 3. The molecule has 152 valence electrons. The zero-order chi connectivity index (χ0) is 21.5. The number of pyridine rings is 1. The molecule has 1 aliphatic rings. The number of rotatable bonds is 4. The number of hydrogen-bond acceptors (Lipinski definition) is 7. The molecular weight excluding hydrogens is 398 g/mol. The van der Waals surface area contributed by atoms with Gasteiger partial charge in [-0.15, -0.1) is 0 Å². The smallest absolute Gasteiger partial charge is 0.425 e. The largest absolute Gasteiger partial charge is 0.497 e. The maximum atomic E-state index is 12.2. The molecule has 2 bridgehead atoms. The molecule has 8 heteroatoms. The Kier molecular flexibility index (Phi) is 4.25. The number of ether oxygens (including phenoxy) is 3. The highest BCUT2D eigenvalue weighted by Gasteiger charge is 2.31. The summed E-state index contributed by atoms with van der Waals surface area (Å²) < 4.78 is 17.5. The summed E-state index contributed by atoms with van der Waals surface area (Å²) in [6.07, 6.45) is 3.37. The molecule has 3 heterocycles. The van der Waals surface area contributed by atoms with E-state index in [2.05, 4.69) is 16.5 Å². The van der Waals surface area contributed by atoms with Crippen molar-refractivity contribution in [2.24, 2.45) is 0 Å². The molecule has 0 N–H and O–H groups in total.